The zero-order valence-electron chi connectivity index (χ0n) is 13.2. The van der Waals surface area contributed by atoms with Crippen LogP contribution in [0.1, 0.15) is 25.7 Å². The number of carbonyl (C=O) groups is 1. The van der Waals surface area contributed by atoms with Gasteiger partial charge in [-0.15, -0.1) is 0 Å². The molecule has 2 aliphatic carbocycles. The molecule has 2 aliphatic rings. The Morgan fingerprint density at radius 3 is 2.58 bits per heavy atom. The number of carbonyl (C=O) groups excluding carboxylic acids is 1. The molecule has 4 atom stereocenters. The fraction of sp³-hybridized carbons (Fsp3) is 0.812. The van der Waals surface area contributed by atoms with Gasteiger partial charge in [0.25, 0.3) is 0 Å². The van der Waals surface area contributed by atoms with Crippen molar-refractivity contribution in [2.75, 3.05) is 19.8 Å². The molecule has 24 heavy (non-hydrogen) atoms. The molecular formula is C16H22F4O4. The van der Waals surface area contributed by atoms with E-state index < -0.39 is 31.3 Å². The molecule has 8 heteroatoms. The second-order valence-corrected chi connectivity index (χ2v) is 6.63. The number of esters is 1. The van der Waals surface area contributed by atoms with Gasteiger partial charge in [-0.05, 0) is 37.0 Å². The van der Waals surface area contributed by atoms with Crippen molar-refractivity contribution in [2.45, 2.75) is 44.1 Å². The Kier molecular flexibility index (Phi) is 6.25. The Morgan fingerprint density at radius 1 is 1.29 bits per heavy atom. The van der Waals surface area contributed by atoms with Crippen LogP contribution in [0, 0.1) is 17.8 Å². The van der Waals surface area contributed by atoms with E-state index in [2.05, 4.69) is 6.58 Å². The molecule has 0 heterocycles. The van der Waals surface area contributed by atoms with Crippen molar-refractivity contribution in [3.05, 3.63) is 12.2 Å². The molecule has 0 aromatic rings. The number of alkyl halides is 4. The normalized spacial score (nSPS) is 29.2. The van der Waals surface area contributed by atoms with E-state index in [0.29, 0.717) is 5.92 Å². The number of hydrogen-bond donors (Lipinski definition) is 1. The first-order valence-electron chi connectivity index (χ1n) is 7.97. The molecule has 0 amide bonds. The highest BCUT2D eigenvalue weighted by Gasteiger charge is 2.45. The van der Waals surface area contributed by atoms with E-state index in [1.165, 1.54) is 0 Å². The highest BCUT2D eigenvalue weighted by atomic mass is 19.3. The van der Waals surface area contributed by atoms with Gasteiger partial charge in [-0.3, -0.25) is 0 Å². The summed E-state index contributed by atoms with van der Waals surface area (Å²) in [5, 5.41) is 9.82. The second-order valence-electron chi connectivity index (χ2n) is 6.63. The van der Waals surface area contributed by atoms with E-state index in [0.717, 1.165) is 19.3 Å². The van der Waals surface area contributed by atoms with Crippen LogP contribution in [-0.2, 0) is 14.3 Å². The summed E-state index contributed by atoms with van der Waals surface area (Å²) in [6, 6.07) is 0. The van der Waals surface area contributed by atoms with Gasteiger partial charge in [-0.1, -0.05) is 6.58 Å². The molecule has 0 radical (unpaired) electrons. The van der Waals surface area contributed by atoms with Gasteiger partial charge < -0.3 is 14.6 Å². The van der Waals surface area contributed by atoms with E-state index in [4.69, 9.17) is 9.47 Å². The van der Waals surface area contributed by atoms with Crippen molar-refractivity contribution in [3.63, 3.8) is 0 Å². The fourth-order valence-electron chi connectivity index (χ4n) is 3.50. The predicted octanol–water partition coefficient (Wildman–Crippen LogP) is 2.80. The maximum absolute atomic E-state index is 12.7. The number of halogens is 4. The van der Waals surface area contributed by atoms with E-state index in [-0.39, 0.29) is 36.7 Å². The minimum Gasteiger partial charge on any atom is -0.462 e. The van der Waals surface area contributed by atoms with Crippen LogP contribution in [0.4, 0.5) is 17.6 Å². The highest BCUT2D eigenvalue weighted by Crippen LogP contribution is 2.48. The number of aliphatic hydroxyl groups excluding tert-OH is 1. The fourth-order valence-corrected chi connectivity index (χ4v) is 3.50. The third kappa shape index (κ3) is 4.69. The molecule has 2 rings (SSSR count). The second kappa shape index (κ2) is 7.82. The Bertz CT molecular complexity index is 469. The highest BCUT2D eigenvalue weighted by molar-refractivity contribution is 5.87. The molecule has 0 aromatic heterocycles. The summed E-state index contributed by atoms with van der Waals surface area (Å²) in [5.41, 5.74) is -0.0564. The van der Waals surface area contributed by atoms with Gasteiger partial charge in [-0.2, -0.15) is 0 Å². The van der Waals surface area contributed by atoms with Crippen molar-refractivity contribution in [1.29, 1.82) is 0 Å². The zero-order valence-corrected chi connectivity index (χ0v) is 13.2. The summed E-state index contributed by atoms with van der Waals surface area (Å²) in [5.74, 6) is -4.04. The first-order valence-corrected chi connectivity index (χ1v) is 7.97. The van der Waals surface area contributed by atoms with Gasteiger partial charge in [0.1, 0.15) is 0 Å². The Labute approximate surface area is 137 Å². The van der Waals surface area contributed by atoms with Gasteiger partial charge >= 0.3 is 18.3 Å². The standard InChI is InChI=1S/C16H22F4O4/c1-9(7-23-3-2-16(19,20)15(17)18)14(22)24-8-11-4-10-5-12(11)13(21)6-10/h10-13,15,21H,1-8H2. The van der Waals surface area contributed by atoms with Crippen LogP contribution in [0.2, 0.25) is 0 Å². The van der Waals surface area contributed by atoms with E-state index in [9.17, 15) is 27.5 Å². The number of hydrogen-bond acceptors (Lipinski definition) is 4. The number of rotatable bonds is 9. The molecule has 0 spiro atoms. The lowest BCUT2D eigenvalue weighted by atomic mass is 9.87. The van der Waals surface area contributed by atoms with Crippen molar-refractivity contribution in [1.82, 2.24) is 0 Å². The van der Waals surface area contributed by atoms with Crippen molar-refractivity contribution < 1.29 is 36.9 Å². The first kappa shape index (κ1) is 19.2. The van der Waals surface area contributed by atoms with Gasteiger partial charge in [0.15, 0.2) is 0 Å². The number of fused-ring (bicyclic) bond motifs is 2. The first-order chi connectivity index (χ1) is 11.2. The molecule has 2 fully saturated rings. The number of ether oxygens (including phenoxy) is 2. The lowest BCUT2D eigenvalue weighted by molar-refractivity contribution is -0.144. The Morgan fingerprint density at radius 2 is 2.00 bits per heavy atom. The summed E-state index contributed by atoms with van der Waals surface area (Å²) < 4.78 is 59.1. The van der Waals surface area contributed by atoms with Crippen molar-refractivity contribution in [3.8, 4) is 0 Å². The van der Waals surface area contributed by atoms with Crippen molar-refractivity contribution >= 4 is 5.97 Å². The molecule has 0 aliphatic heterocycles. The monoisotopic (exact) mass is 354 g/mol. The van der Waals surface area contributed by atoms with Gasteiger partial charge in [0, 0.05) is 6.42 Å². The van der Waals surface area contributed by atoms with Crippen LogP contribution in [0.3, 0.4) is 0 Å². The maximum Gasteiger partial charge on any atom is 0.335 e. The van der Waals surface area contributed by atoms with Gasteiger partial charge in [0.2, 0.25) is 0 Å². The third-order valence-corrected chi connectivity index (χ3v) is 4.81. The van der Waals surface area contributed by atoms with Crippen LogP contribution in [0.15, 0.2) is 12.2 Å². The molecule has 2 saturated carbocycles. The van der Waals surface area contributed by atoms with E-state index >= 15 is 0 Å². The topological polar surface area (TPSA) is 55.8 Å². The number of aliphatic hydroxyl groups is 1. The van der Waals surface area contributed by atoms with Crippen LogP contribution in [0.25, 0.3) is 0 Å². The van der Waals surface area contributed by atoms with Gasteiger partial charge in [-0.25, -0.2) is 22.4 Å². The Hall–Kier alpha value is -1.15. The SMILES string of the molecule is C=C(COCCC(F)(F)C(F)F)C(=O)OCC1CC2CC(O)C1C2. The molecule has 4 unspecified atom stereocenters. The minimum atomic E-state index is -4.11. The minimum absolute atomic E-state index is 0.0564. The lowest BCUT2D eigenvalue weighted by Crippen LogP contribution is -2.29. The van der Waals surface area contributed by atoms with Crippen LogP contribution >= 0.6 is 0 Å². The summed E-state index contributed by atoms with van der Waals surface area (Å²) in [6.45, 7) is 2.67. The van der Waals surface area contributed by atoms with Crippen LogP contribution in [-0.4, -0.2) is 49.3 Å². The predicted molar refractivity (Wildman–Crippen MR) is 76.8 cm³/mol. The van der Waals surface area contributed by atoms with Gasteiger partial charge in [0.05, 0.1) is 31.5 Å². The molecule has 1 N–H and O–H groups in total. The molecule has 138 valence electrons. The van der Waals surface area contributed by atoms with Crippen LogP contribution < -0.4 is 0 Å². The van der Waals surface area contributed by atoms with E-state index in [1.807, 2.05) is 0 Å². The quantitative estimate of drug-likeness (QED) is 0.299. The largest absolute Gasteiger partial charge is 0.462 e. The average molecular weight is 354 g/mol. The summed E-state index contributed by atoms with van der Waals surface area (Å²) in [6.07, 6.45) is -2.54. The summed E-state index contributed by atoms with van der Waals surface area (Å²) in [4.78, 5) is 11.8. The molecule has 0 aromatic carbocycles. The van der Waals surface area contributed by atoms with Crippen molar-refractivity contribution in [2.24, 2.45) is 17.8 Å². The molecule has 0 saturated heterocycles. The summed E-state index contributed by atoms with van der Waals surface area (Å²) in [7, 11) is 0. The Balaban J connectivity index is 1.62. The zero-order chi connectivity index (χ0) is 17.9. The maximum atomic E-state index is 12.7. The smallest absolute Gasteiger partial charge is 0.335 e. The summed E-state index contributed by atoms with van der Waals surface area (Å²) >= 11 is 0. The molecular weight excluding hydrogens is 332 g/mol. The molecule has 4 nitrogen and oxygen atoms in total. The average Bonchev–Trinajstić information content (AvgIpc) is 3.07. The lowest BCUT2D eigenvalue weighted by Gasteiger charge is -2.25. The van der Waals surface area contributed by atoms with Crippen LogP contribution in [0.5, 0.6) is 0 Å². The van der Waals surface area contributed by atoms with E-state index in [1.54, 1.807) is 0 Å². The third-order valence-electron chi connectivity index (χ3n) is 4.81. The molecule has 2 bridgehead atoms.